The van der Waals surface area contributed by atoms with Crippen LogP contribution in [0.15, 0.2) is 23.2 Å². The first-order valence-electron chi connectivity index (χ1n) is 5.96. The molecule has 0 bridgehead atoms. The highest BCUT2D eigenvalue weighted by Crippen LogP contribution is 2.20. The third-order valence-corrected chi connectivity index (χ3v) is 3.08. The van der Waals surface area contributed by atoms with E-state index >= 15 is 0 Å². The van der Waals surface area contributed by atoms with Gasteiger partial charge in [-0.15, -0.1) is 0 Å². The molecule has 1 aromatic heterocycles. The molecule has 0 aliphatic carbocycles. The lowest BCUT2D eigenvalue weighted by molar-refractivity contribution is 0.556. The summed E-state index contributed by atoms with van der Waals surface area (Å²) < 4.78 is 1.67. The molecule has 0 radical (unpaired) electrons. The Morgan fingerprint density at radius 2 is 2.21 bits per heavy atom. The molecule has 1 heterocycles. The molecule has 1 aromatic carbocycles. The Morgan fingerprint density at radius 1 is 1.37 bits per heavy atom. The molecule has 100 valence electrons. The van der Waals surface area contributed by atoms with E-state index in [4.69, 9.17) is 23.2 Å². The maximum atomic E-state index is 6.06. The molecule has 0 aliphatic rings. The Balaban J connectivity index is 2.16. The second-order valence-corrected chi connectivity index (χ2v) is 4.82. The van der Waals surface area contributed by atoms with Crippen LogP contribution < -0.4 is 0 Å². The quantitative estimate of drug-likeness (QED) is 0.793. The predicted octanol–water partition coefficient (Wildman–Crippen LogP) is 3.53. The first kappa shape index (κ1) is 14.0. The molecule has 7 heteroatoms. The van der Waals surface area contributed by atoms with Crippen LogP contribution in [0.2, 0.25) is 10.0 Å². The van der Waals surface area contributed by atoms with Gasteiger partial charge in [-0.25, -0.2) is 9.67 Å². The number of halogens is 2. The molecule has 0 saturated heterocycles. The van der Waals surface area contributed by atoms with E-state index in [0.29, 0.717) is 16.0 Å². The number of tetrazole rings is 1. The second-order valence-electron chi connectivity index (χ2n) is 3.98. The molecule has 0 unspecified atom stereocenters. The van der Waals surface area contributed by atoms with E-state index in [1.54, 1.807) is 29.1 Å². The van der Waals surface area contributed by atoms with Gasteiger partial charge in [-0.3, -0.25) is 0 Å². The van der Waals surface area contributed by atoms with Crippen LogP contribution in [0.25, 0.3) is 0 Å². The Labute approximate surface area is 121 Å². The van der Waals surface area contributed by atoms with Crippen LogP contribution in [-0.2, 0) is 6.54 Å². The Bertz CT molecular complexity index is 579. The van der Waals surface area contributed by atoms with Gasteiger partial charge in [-0.2, -0.15) is 0 Å². The third kappa shape index (κ3) is 3.75. The fourth-order valence-electron chi connectivity index (χ4n) is 1.48. The lowest BCUT2D eigenvalue weighted by Gasteiger charge is -2.00. The van der Waals surface area contributed by atoms with Crippen LogP contribution in [0.3, 0.4) is 0 Å². The Kier molecular flexibility index (Phi) is 4.87. The standard InChI is InChI=1S/C12H13Cl2N5/c1-2-3-6-19-12(16-17-18-19)15-8-9-4-5-10(13)7-11(9)14/h4-5,7-8H,2-3,6H2,1H3/b15-8+. The van der Waals surface area contributed by atoms with Crippen molar-refractivity contribution in [3.63, 3.8) is 0 Å². The van der Waals surface area contributed by atoms with Gasteiger partial charge < -0.3 is 0 Å². The van der Waals surface area contributed by atoms with E-state index in [-0.39, 0.29) is 0 Å². The van der Waals surface area contributed by atoms with Crippen molar-refractivity contribution in [2.24, 2.45) is 4.99 Å². The first-order chi connectivity index (χ1) is 9.20. The zero-order chi connectivity index (χ0) is 13.7. The number of hydrogen-bond acceptors (Lipinski definition) is 4. The highest BCUT2D eigenvalue weighted by atomic mass is 35.5. The minimum absolute atomic E-state index is 0.472. The van der Waals surface area contributed by atoms with Gasteiger partial charge in [0.1, 0.15) is 0 Å². The Morgan fingerprint density at radius 3 is 2.95 bits per heavy atom. The van der Waals surface area contributed by atoms with Crippen LogP contribution in [0, 0.1) is 0 Å². The Hall–Kier alpha value is -1.46. The molecule has 0 saturated carbocycles. The fraction of sp³-hybridized carbons (Fsp3) is 0.333. The molecule has 2 aromatic rings. The van der Waals surface area contributed by atoms with Crippen LogP contribution >= 0.6 is 23.2 Å². The lowest BCUT2D eigenvalue weighted by Crippen LogP contribution is -1.99. The molecular weight excluding hydrogens is 285 g/mol. The second kappa shape index (κ2) is 6.63. The van der Waals surface area contributed by atoms with Crippen molar-refractivity contribution >= 4 is 35.4 Å². The number of aliphatic imine (C=N–C) groups is 1. The van der Waals surface area contributed by atoms with Gasteiger partial charge in [0.15, 0.2) is 0 Å². The van der Waals surface area contributed by atoms with E-state index < -0.39 is 0 Å². The average molecular weight is 298 g/mol. The summed E-state index contributed by atoms with van der Waals surface area (Å²) >= 11 is 11.9. The summed E-state index contributed by atoms with van der Waals surface area (Å²) in [7, 11) is 0. The number of benzene rings is 1. The number of unbranched alkanes of at least 4 members (excludes halogenated alkanes) is 1. The number of nitrogens with zero attached hydrogens (tertiary/aromatic N) is 5. The zero-order valence-electron chi connectivity index (χ0n) is 10.4. The van der Waals surface area contributed by atoms with Crippen molar-refractivity contribution in [2.75, 3.05) is 0 Å². The molecule has 0 atom stereocenters. The maximum absolute atomic E-state index is 6.06. The largest absolute Gasteiger partial charge is 0.269 e. The van der Waals surface area contributed by atoms with Gasteiger partial charge in [0.25, 0.3) is 5.95 Å². The van der Waals surface area contributed by atoms with Crippen LogP contribution in [0.1, 0.15) is 25.3 Å². The summed E-state index contributed by atoms with van der Waals surface area (Å²) in [6, 6.07) is 5.23. The normalized spacial score (nSPS) is 11.3. The van der Waals surface area contributed by atoms with Crippen molar-refractivity contribution in [1.82, 2.24) is 20.2 Å². The van der Waals surface area contributed by atoms with Gasteiger partial charge in [0.05, 0.1) is 5.02 Å². The zero-order valence-corrected chi connectivity index (χ0v) is 11.9. The van der Waals surface area contributed by atoms with Gasteiger partial charge >= 0.3 is 0 Å². The highest BCUT2D eigenvalue weighted by molar-refractivity contribution is 6.36. The monoisotopic (exact) mass is 297 g/mol. The van der Waals surface area contributed by atoms with Gasteiger partial charge in [0.2, 0.25) is 0 Å². The fourth-order valence-corrected chi connectivity index (χ4v) is 1.94. The molecule has 0 aliphatic heterocycles. The molecule has 0 N–H and O–H groups in total. The number of aryl methyl sites for hydroxylation is 1. The summed E-state index contributed by atoms with van der Waals surface area (Å²) in [6.45, 7) is 2.87. The summed E-state index contributed by atoms with van der Waals surface area (Å²) in [5, 5.41) is 12.5. The van der Waals surface area contributed by atoms with Crippen molar-refractivity contribution in [3.8, 4) is 0 Å². The lowest BCUT2D eigenvalue weighted by atomic mass is 10.2. The van der Waals surface area contributed by atoms with E-state index in [9.17, 15) is 0 Å². The summed E-state index contributed by atoms with van der Waals surface area (Å²) in [5.74, 6) is 0.472. The van der Waals surface area contributed by atoms with Crippen molar-refractivity contribution < 1.29 is 0 Å². The number of aromatic nitrogens is 4. The molecular formula is C12H13Cl2N5. The van der Waals surface area contributed by atoms with E-state index in [2.05, 4.69) is 27.4 Å². The number of hydrogen-bond donors (Lipinski definition) is 0. The minimum Gasteiger partial charge on any atom is -0.218 e. The summed E-state index contributed by atoms with van der Waals surface area (Å²) in [6.07, 6.45) is 3.72. The molecule has 0 amide bonds. The molecule has 19 heavy (non-hydrogen) atoms. The molecule has 5 nitrogen and oxygen atoms in total. The molecule has 0 spiro atoms. The van der Waals surface area contributed by atoms with E-state index in [1.165, 1.54) is 0 Å². The topological polar surface area (TPSA) is 56.0 Å². The summed E-state index contributed by atoms with van der Waals surface area (Å²) in [5.41, 5.74) is 0.774. The first-order valence-corrected chi connectivity index (χ1v) is 6.71. The smallest absolute Gasteiger partial charge is 0.218 e. The van der Waals surface area contributed by atoms with Gasteiger partial charge in [0, 0.05) is 23.3 Å². The average Bonchev–Trinajstić information content (AvgIpc) is 2.83. The maximum Gasteiger partial charge on any atom is 0.269 e. The third-order valence-electron chi connectivity index (χ3n) is 2.52. The van der Waals surface area contributed by atoms with Crippen molar-refractivity contribution in [1.29, 1.82) is 0 Å². The van der Waals surface area contributed by atoms with Crippen LogP contribution in [-0.4, -0.2) is 26.4 Å². The van der Waals surface area contributed by atoms with Gasteiger partial charge in [-0.1, -0.05) is 47.7 Å². The van der Waals surface area contributed by atoms with Crippen molar-refractivity contribution in [2.45, 2.75) is 26.3 Å². The van der Waals surface area contributed by atoms with Crippen LogP contribution in [0.5, 0.6) is 0 Å². The van der Waals surface area contributed by atoms with E-state index in [0.717, 1.165) is 24.9 Å². The molecule has 2 rings (SSSR count). The molecule has 0 fully saturated rings. The van der Waals surface area contributed by atoms with Gasteiger partial charge in [-0.05, 0) is 29.0 Å². The summed E-state index contributed by atoms with van der Waals surface area (Å²) in [4.78, 5) is 4.25. The van der Waals surface area contributed by atoms with E-state index in [1.807, 2.05) is 0 Å². The van der Waals surface area contributed by atoms with Crippen LogP contribution in [0.4, 0.5) is 5.95 Å². The number of rotatable bonds is 5. The van der Waals surface area contributed by atoms with Crippen molar-refractivity contribution in [3.05, 3.63) is 33.8 Å². The SMILES string of the molecule is CCCCn1nnnc1/N=C/c1ccc(Cl)cc1Cl. The highest BCUT2D eigenvalue weighted by Gasteiger charge is 2.03. The predicted molar refractivity (Wildman–Crippen MR) is 76.4 cm³/mol. The minimum atomic E-state index is 0.472.